The van der Waals surface area contributed by atoms with Crippen molar-refractivity contribution in [3.63, 3.8) is 0 Å². The van der Waals surface area contributed by atoms with Gasteiger partial charge >= 0.3 is 0 Å². The third kappa shape index (κ3) is 7.07. The van der Waals surface area contributed by atoms with E-state index in [9.17, 15) is 8.42 Å². The number of nitrogens with zero attached hydrogens (tertiary/aromatic N) is 2. The van der Waals surface area contributed by atoms with E-state index in [1.54, 1.807) is 32.4 Å². The van der Waals surface area contributed by atoms with Gasteiger partial charge in [-0.25, -0.2) is 0 Å². The first-order chi connectivity index (χ1) is 13.8. The molecule has 0 saturated carbocycles. The van der Waals surface area contributed by atoms with Gasteiger partial charge in [0, 0.05) is 26.6 Å². The van der Waals surface area contributed by atoms with Crippen molar-refractivity contribution in [3.05, 3.63) is 54.1 Å². The van der Waals surface area contributed by atoms with Crippen molar-refractivity contribution >= 4 is 16.0 Å². The smallest absolute Gasteiger partial charge is 0.294 e. The summed E-state index contributed by atoms with van der Waals surface area (Å²) in [6, 6.07) is 13.5. The van der Waals surface area contributed by atoms with E-state index in [4.69, 9.17) is 14.0 Å². The summed E-state index contributed by atoms with van der Waals surface area (Å²) in [5.41, 5.74) is 1.22. The van der Waals surface area contributed by atoms with Gasteiger partial charge in [0.25, 0.3) is 10.1 Å². The summed E-state index contributed by atoms with van der Waals surface area (Å²) in [6.45, 7) is 1.96. The molecule has 1 heterocycles. The van der Waals surface area contributed by atoms with Crippen molar-refractivity contribution in [1.29, 1.82) is 0 Å². The molecule has 1 aliphatic rings. The van der Waals surface area contributed by atoms with E-state index >= 15 is 0 Å². The summed E-state index contributed by atoms with van der Waals surface area (Å²) < 4.78 is 39.8. The van der Waals surface area contributed by atoms with Crippen LogP contribution in [0.2, 0.25) is 0 Å². The van der Waals surface area contributed by atoms with Gasteiger partial charge in [0.2, 0.25) is 0 Å². The maximum absolute atomic E-state index is 10.4. The molecule has 1 fully saturated rings. The van der Waals surface area contributed by atoms with Crippen LogP contribution in [-0.4, -0.2) is 58.1 Å². The van der Waals surface area contributed by atoms with E-state index in [1.807, 2.05) is 12.1 Å². The molecule has 2 aromatic carbocycles. The van der Waals surface area contributed by atoms with Crippen LogP contribution in [0.25, 0.3) is 0 Å². The Morgan fingerprint density at radius 1 is 1.07 bits per heavy atom. The van der Waals surface area contributed by atoms with Crippen LogP contribution in [-0.2, 0) is 16.5 Å². The molecule has 0 aromatic heterocycles. The average molecular weight is 421 g/mol. The zero-order valence-electron chi connectivity index (χ0n) is 17.0. The number of rotatable bonds is 6. The number of likely N-dealkylation sites (tertiary alicyclic amines) is 1. The lowest BCUT2D eigenvalue weighted by Gasteiger charge is -2.11. The molecule has 0 bridgehead atoms. The topological polar surface area (TPSA) is 88.4 Å². The quantitative estimate of drug-likeness (QED) is 0.722. The van der Waals surface area contributed by atoms with Gasteiger partial charge in [-0.05, 0) is 42.7 Å². The van der Waals surface area contributed by atoms with Gasteiger partial charge in [-0.2, -0.15) is 8.42 Å². The minimum absolute atomic E-state index is 0.0741. The number of hydrogen-bond donors (Lipinski definition) is 1. The van der Waals surface area contributed by atoms with Crippen LogP contribution in [0.4, 0.5) is 0 Å². The van der Waals surface area contributed by atoms with Crippen LogP contribution in [0.15, 0.2) is 58.4 Å². The molecule has 2 aromatic rings. The molecular formula is C21H28N2O5S. The van der Waals surface area contributed by atoms with Gasteiger partial charge in [0.1, 0.15) is 0 Å². The van der Waals surface area contributed by atoms with E-state index in [0.29, 0.717) is 0 Å². The van der Waals surface area contributed by atoms with Crippen molar-refractivity contribution in [2.75, 3.05) is 34.4 Å². The second-order valence-electron chi connectivity index (χ2n) is 6.55. The SMILES string of the molecule is COc1ccc(CCN=C2CCCN2C)cc1OC.O=S(=O)(O)c1ccccc1. The molecule has 0 unspecified atom stereocenters. The molecule has 1 aliphatic heterocycles. The lowest BCUT2D eigenvalue weighted by atomic mass is 10.1. The molecule has 158 valence electrons. The van der Waals surface area contributed by atoms with Gasteiger partial charge in [0.05, 0.1) is 25.0 Å². The number of aliphatic imine (C=N–C) groups is 1. The maximum atomic E-state index is 10.4. The highest BCUT2D eigenvalue weighted by molar-refractivity contribution is 7.85. The van der Waals surface area contributed by atoms with E-state index in [-0.39, 0.29) is 4.90 Å². The molecule has 7 nitrogen and oxygen atoms in total. The van der Waals surface area contributed by atoms with Crippen molar-refractivity contribution in [2.45, 2.75) is 24.2 Å². The number of hydrogen-bond acceptors (Lipinski definition) is 5. The highest BCUT2D eigenvalue weighted by Gasteiger charge is 2.13. The van der Waals surface area contributed by atoms with Crippen LogP contribution in [0.1, 0.15) is 18.4 Å². The fraction of sp³-hybridized carbons (Fsp3) is 0.381. The Labute approximate surface area is 172 Å². The molecule has 29 heavy (non-hydrogen) atoms. The Hall–Kier alpha value is -2.58. The van der Waals surface area contributed by atoms with E-state index in [2.05, 4.69) is 23.0 Å². The molecule has 1 N–H and O–H groups in total. The predicted molar refractivity (Wildman–Crippen MR) is 114 cm³/mol. The van der Waals surface area contributed by atoms with Gasteiger partial charge in [-0.1, -0.05) is 24.3 Å². The Bertz CT molecular complexity index is 914. The van der Waals surface area contributed by atoms with Crippen LogP contribution in [0.3, 0.4) is 0 Å². The number of amidine groups is 1. The average Bonchev–Trinajstić information content (AvgIpc) is 3.13. The van der Waals surface area contributed by atoms with Gasteiger partial charge in [-0.15, -0.1) is 0 Å². The van der Waals surface area contributed by atoms with Crippen molar-refractivity contribution in [2.24, 2.45) is 4.99 Å². The summed E-state index contributed by atoms with van der Waals surface area (Å²) in [7, 11) is 1.42. The summed E-state index contributed by atoms with van der Waals surface area (Å²) >= 11 is 0. The first-order valence-corrected chi connectivity index (χ1v) is 10.8. The third-order valence-electron chi connectivity index (χ3n) is 4.52. The van der Waals surface area contributed by atoms with Crippen molar-refractivity contribution in [1.82, 2.24) is 4.90 Å². The molecule has 1 saturated heterocycles. The fourth-order valence-corrected chi connectivity index (χ4v) is 3.44. The van der Waals surface area contributed by atoms with Crippen LogP contribution < -0.4 is 9.47 Å². The van der Waals surface area contributed by atoms with E-state index in [0.717, 1.165) is 37.4 Å². The normalized spacial score (nSPS) is 15.0. The monoisotopic (exact) mass is 420 g/mol. The molecular weight excluding hydrogens is 392 g/mol. The highest BCUT2D eigenvalue weighted by atomic mass is 32.2. The standard InChI is InChI=1S/C15H22N2O2.C6H6O3S/c1-17-10-4-5-15(17)16-9-8-12-6-7-13(18-2)14(11-12)19-3;7-10(8,9)6-4-2-1-3-5-6/h6-7,11H,4-5,8-10H2,1-3H3;1-5H,(H,7,8,9). The number of methoxy groups -OCH3 is 2. The summed E-state index contributed by atoms with van der Waals surface area (Å²) in [4.78, 5) is 6.84. The Balaban J connectivity index is 0.000000253. The molecule has 0 spiro atoms. The molecule has 8 heteroatoms. The first kappa shape index (κ1) is 22.7. The lowest BCUT2D eigenvalue weighted by molar-refractivity contribution is 0.354. The Kier molecular flexibility index (Phi) is 8.48. The van der Waals surface area contributed by atoms with Crippen LogP contribution >= 0.6 is 0 Å². The van der Waals surface area contributed by atoms with Gasteiger partial charge in [-0.3, -0.25) is 9.55 Å². The minimum atomic E-state index is -4.00. The van der Waals surface area contributed by atoms with E-state index in [1.165, 1.54) is 30.0 Å². The van der Waals surface area contributed by atoms with Crippen LogP contribution in [0.5, 0.6) is 11.5 Å². The molecule has 0 atom stereocenters. The summed E-state index contributed by atoms with van der Waals surface area (Å²) in [5.74, 6) is 2.79. The maximum Gasteiger partial charge on any atom is 0.294 e. The third-order valence-corrected chi connectivity index (χ3v) is 5.39. The molecule has 0 aliphatic carbocycles. The molecule has 0 amide bonds. The van der Waals surface area contributed by atoms with Crippen molar-refractivity contribution < 1.29 is 22.4 Å². The zero-order valence-corrected chi connectivity index (χ0v) is 17.9. The van der Waals surface area contributed by atoms with Crippen LogP contribution in [0, 0.1) is 0 Å². The minimum Gasteiger partial charge on any atom is -0.493 e. The first-order valence-electron chi connectivity index (χ1n) is 9.33. The predicted octanol–water partition coefficient (Wildman–Crippen LogP) is 3.30. The van der Waals surface area contributed by atoms with Crippen molar-refractivity contribution in [3.8, 4) is 11.5 Å². The summed E-state index contributed by atoms with van der Waals surface area (Å²) in [5, 5.41) is 0. The van der Waals surface area contributed by atoms with E-state index < -0.39 is 10.1 Å². The highest BCUT2D eigenvalue weighted by Crippen LogP contribution is 2.27. The Morgan fingerprint density at radius 2 is 1.76 bits per heavy atom. The fourth-order valence-electron chi connectivity index (χ4n) is 2.94. The van der Waals surface area contributed by atoms with Gasteiger partial charge < -0.3 is 14.4 Å². The Morgan fingerprint density at radius 3 is 2.28 bits per heavy atom. The molecule has 3 rings (SSSR count). The number of benzene rings is 2. The largest absolute Gasteiger partial charge is 0.493 e. The second kappa shape index (κ2) is 10.8. The second-order valence-corrected chi connectivity index (χ2v) is 7.97. The lowest BCUT2D eigenvalue weighted by Crippen LogP contribution is -2.19. The zero-order chi connectivity index (χ0) is 21.3. The number of ether oxygens (including phenoxy) is 2. The molecule has 0 radical (unpaired) electrons. The summed E-state index contributed by atoms with van der Waals surface area (Å²) in [6.07, 6.45) is 3.27. The van der Waals surface area contributed by atoms with Gasteiger partial charge in [0.15, 0.2) is 11.5 Å².